The second kappa shape index (κ2) is 5.94. The Balaban J connectivity index is 2.02. The van der Waals surface area contributed by atoms with E-state index in [9.17, 15) is 4.79 Å². The van der Waals surface area contributed by atoms with Crippen LogP contribution >= 0.6 is 0 Å². The fourth-order valence-electron chi connectivity index (χ4n) is 1.52. The number of amides is 1. The molecule has 100 valence electrons. The van der Waals surface area contributed by atoms with Crippen molar-refractivity contribution >= 4 is 17.4 Å². The maximum Gasteiger partial charge on any atom is 0.276 e. The molecule has 7 heteroatoms. The third kappa shape index (κ3) is 3.27. The molecule has 7 nitrogen and oxygen atoms in total. The van der Waals surface area contributed by atoms with Crippen LogP contribution in [0.25, 0.3) is 0 Å². The summed E-state index contributed by atoms with van der Waals surface area (Å²) in [5.41, 5.74) is 0.912. The van der Waals surface area contributed by atoms with E-state index < -0.39 is 0 Å². The van der Waals surface area contributed by atoms with Crippen LogP contribution in [0.3, 0.4) is 0 Å². The fraction of sp³-hybridized carbons (Fsp3) is 0.333. The van der Waals surface area contributed by atoms with E-state index in [4.69, 9.17) is 0 Å². The van der Waals surface area contributed by atoms with Crippen molar-refractivity contribution in [3.8, 4) is 0 Å². The summed E-state index contributed by atoms with van der Waals surface area (Å²) in [5, 5.41) is 17.6. The van der Waals surface area contributed by atoms with Crippen molar-refractivity contribution in [1.82, 2.24) is 20.0 Å². The Morgan fingerprint density at radius 3 is 2.74 bits per heavy atom. The molecule has 2 rings (SSSR count). The Morgan fingerprint density at radius 1 is 1.32 bits per heavy atom. The zero-order valence-corrected chi connectivity index (χ0v) is 10.9. The summed E-state index contributed by atoms with van der Waals surface area (Å²) in [6.07, 6.45) is 3.36. The van der Waals surface area contributed by atoms with E-state index in [0.29, 0.717) is 11.5 Å². The quantitative estimate of drug-likeness (QED) is 0.848. The highest BCUT2D eigenvalue weighted by Gasteiger charge is 2.09. The lowest BCUT2D eigenvalue weighted by atomic mass is 10.3. The third-order valence-electron chi connectivity index (χ3n) is 2.47. The topological polar surface area (TPSA) is 84.7 Å². The summed E-state index contributed by atoms with van der Waals surface area (Å²) in [6.45, 7) is 5.46. The monoisotopic (exact) mass is 260 g/mol. The van der Waals surface area contributed by atoms with Crippen LogP contribution in [0.2, 0.25) is 0 Å². The van der Waals surface area contributed by atoms with Crippen molar-refractivity contribution in [2.24, 2.45) is 0 Å². The van der Waals surface area contributed by atoms with Crippen LogP contribution in [0.1, 0.15) is 24.3 Å². The number of hydrogen-bond donors (Lipinski definition) is 2. The highest BCUT2D eigenvalue weighted by Crippen LogP contribution is 2.08. The van der Waals surface area contributed by atoms with E-state index in [1.54, 1.807) is 29.2 Å². The van der Waals surface area contributed by atoms with Crippen LogP contribution in [0.15, 0.2) is 24.5 Å². The lowest BCUT2D eigenvalue weighted by molar-refractivity contribution is 0.102. The van der Waals surface area contributed by atoms with Crippen LogP contribution < -0.4 is 10.6 Å². The SMILES string of the molecule is CCNc1ccc(C(=O)Nc2cnn(CC)c2)nn1. The number of aromatic nitrogens is 4. The first-order chi connectivity index (χ1) is 9.22. The molecule has 0 saturated heterocycles. The molecule has 0 aliphatic rings. The van der Waals surface area contributed by atoms with Gasteiger partial charge in [0.15, 0.2) is 5.69 Å². The minimum atomic E-state index is -0.300. The maximum atomic E-state index is 11.9. The molecule has 1 amide bonds. The van der Waals surface area contributed by atoms with Crippen molar-refractivity contribution in [3.05, 3.63) is 30.2 Å². The van der Waals surface area contributed by atoms with E-state index in [2.05, 4.69) is 25.9 Å². The number of aryl methyl sites for hydroxylation is 1. The first-order valence-corrected chi connectivity index (χ1v) is 6.14. The molecule has 0 atom stereocenters. The van der Waals surface area contributed by atoms with E-state index in [1.807, 2.05) is 13.8 Å². The van der Waals surface area contributed by atoms with Gasteiger partial charge < -0.3 is 10.6 Å². The standard InChI is InChI=1S/C12H16N6O/c1-3-13-11-6-5-10(16-17-11)12(19)15-9-7-14-18(4-2)8-9/h5-8H,3-4H2,1-2H3,(H,13,17)(H,15,19). The number of hydrogen-bond acceptors (Lipinski definition) is 5. The van der Waals surface area contributed by atoms with Gasteiger partial charge in [0, 0.05) is 19.3 Å². The minimum absolute atomic E-state index is 0.269. The third-order valence-corrected chi connectivity index (χ3v) is 2.47. The smallest absolute Gasteiger partial charge is 0.276 e. The van der Waals surface area contributed by atoms with Crippen molar-refractivity contribution in [2.45, 2.75) is 20.4 Å². The predicted octanol–water partition coefficient (Wildman–Crippen LogP) is 1.38. The normalized spacial score (nSPS) is 10.2. The molecule has 0 aliphatic carbocycles. The van der Waals surface area contributed by atoms with E-state index in [-0.39, 0.29) is 11.6 Å². The van der Waals surface area contributed by atoms with Crippen LogP contribution in [0.5, 0.6) is 0 Å². The van der Waals surface area contributed by atoms with Gasteiger partial charge in [-0.2, -0.15) is 5.10 Å². The lowest BCUT2D eigenvalue weighted by Crippen LogP contribution is -2.14. The van der Waals surface area contributed by atoms with E-state index in [1.165, 1.54) is 0 Å². The minimum Gasteiger partial charge on any atom is -0.369 e. The van der Waals surface area contributed by atoms with Crippen molar-refractivity contribution in [3.63, 3.8) is 0 Å². The van der Waals surface area contributed by atoms with Gasteiger partial charge in [-0.25, -0.2) is 0 Å². The Bertz CT molecular complexity index is 548. The number of carbonyl (C=O) groups excluding carboxylic acids is 1. The van der Waals surface area contributed by atoms with Gasteiger partial charge >= 0.3 is 0 Å². The molecule has 2 N–H and O–H groups in total. The van der Waals surface area contributed by atoms with Gasteiger partial charge in [-0.15, -0.1) is 10.2 Å². The van der Waals surface area contributed by atoms with Gasteiger partial charge in [0.05, 0.1) is 11.9 Å². The summed E-state index contributed by atoms with van der Waals surface area (Å²) in [7, 11) is 0. The average Bonchev–Trinajstić information content (AvgIpc) is 2.87. The number of carbonyl (C=O) groups is 1. The van der Waals surface area contributed by atoms with E-state index >= 15 is 0 Å². The largest absolute Gasteiger partial charge is 0.369 e. The summed E-state index contributed by atoms with van der Waals surface area (Å²) in [6, 6.07) is 3.35. The van der Waals surface area contributed by atoms with Crippen molar-refractivity contribution in [2.75, 3.05) is 17.2 Å². The van der Waals surface area contributed by atoms with Crippen LogP contribution in [0.4, 0.5) is 11.5 Å². The molecule has 2 aromatic rings. The molecule has 0 spiro atoms. The molecule has 2 heterocycles. The lowest BCUT2D eigenvalue weighted by Gasteiger charge is -2.03. The first kappa shape index (κ1) is 13.0. The van der Waals surface area contributed by atoms with Gasteiger partial charge in [0.2, 0.25) is 0 Å². The molecule has 0 aliphatic heterocycles. The molecule has 19 heavy (non-hydrogen) atoms. The van der Waals surface area contributed by atoms with Crippen LogP contribution in [0, 0.1) is 0 Å². The molecule has 0 radical (unpaired) electrons. The predicted molar refractivity (Wildman–Crippen MR) is 72.0 cm³/mol. The molecular weight excluding hydrogens is 244 g/mol. The molecule has 0 bridgehead atoms. The van der Waals surface area contributed by atoms with Crippen molar-refractivity contribution < 1.29 is 4.79 Å². The summed E-state index contributed by atoms with van der Waals surface area (Å²) in [5.74, 6) is 0.351. The van der Waals surface area contributed by atoms with E-state index in [0.717, 1.165) is 13.1 Å². The highest BCUT2D eigenvalue weighted by molar-refractivity contribution is 6.02. The van der Waals surface area contributed by atoms with Gasteiger partial charge in [-0.3, -0.25) is 9.48 Å². The molecule has 0 unspecified atom stereocenters. The van der Waals surface area contributed by atoms with Crippen molar-refractivity contribution in [1.29, 1.82) is 0 Å². The Morgan fingerprint density at radius 2 is 2.16 bits per heavy atom. The summed E-state index contributed by atoms with van der Waals surface area (Å²) < 4.78 is 1.73. The van der Waals surface area contributed by atoms with Gasteiger partial charge in [-0.05, 0) is 26.0 Å². The number of anilines is 2. The second-order valence-corrected chi connectivity index (χ2v) is 3.87. The molecule has 0 saturated carbocycles. The molecule has 0 aromatic carbocycles. The van der Waals surface area contributed by atoms with Gasteiger partial charge in [0.1, 0.15) is 5.82 Å². The summed E-state index contributed by atoms with van der Waals surface area (Å²) >= 11 is 0. The zero-order chi connectivity index (χ0) is 13.7. The Hall–Kier alpha value is -2.44. The van der Waals surface area contributed by atoms with Crippen LogP contribution in [-0.4, -0.2) is 32.4 Å². The number of rotatable bonds is 5. The summed E-state index contributed by atoms with van der Waals surface area (Å²) in [4.78, 5) is 11.9. The van der Waals surface area contributed by atoms with Gasteiger partial charge in [-0.1, -0.05) is 0 Å². The number of nitrogens with zero attached hydrogens (tertiary/aromatic N) is 4. The average molecular weight is 260 g/mol. The Labute approximate surface area is 111 Å². The van der Waals surface area contributed by atoms with Gasteiger partial charge in [0.25, 0.3) is 5.91 Å². The zero-order valence-electron chi connectivity index (χ0n) is 10.9. The number of nitrogens with one attached hydrogen (secondary N) is 2. The molecular formula is C12H16N6O. The van der Waals surface area contributed by atoms with Crippen LogP contribution in [-0.2, 0) is 6.54 Å². The molecule has 0 fully saturated rings. The molecule has 2 aromatic heterocycles. The first-order valence-electron chi connectivity index (χ1n) is 6.14. The second-order valence-electron chi connectivity index (χ2n) is 3.87. The maximum absolute atomic E-state index is 11.9. The Kier molecular flexibility index (Phi) is 4.07. The highest BCUT2D eigenvalue weighted by atomic mass is 16.1. The fourth-order valence-corrected chi connectivity index (χ4v) is 1.52.